The van der Waals surface area contributed by atoms with Crippen LogP contribution >= 0.6 is 11.8 Å². The van der Waals surface area contributed by atoms with Crippen LogP contribution in [0.5, 0.6) is 0 Å². The van der Waals surface area contributed by atoms with E-state index in [2.05, 4.69) is 19.2 Å². The molecule has 0 unspecified atom stereocenters. The van der Waals surface area contributed by atoms with Gasteiger partial charge in [0.25, 0.3) is 0 Å². The Morgan fingerprint density at radius 1 is 1.24 bits per heavy atom. The highest BCUT2D eigenvalue weighted by Crippen LogP contribution is 2.34. The molecular formula is C17H25FN2S. The molecule has 0 amide bonds. The average molecular weight is 308 g/mol. The van der Waals surface area contributed by atoms with Crippen LogP contribution in [0.4, 0.5) is 4.39 Å². The Bertz CT molecular complexity index is 513. The second-order valence-electron chi connectivity index (χ2n) is 6.01. The lowest BCUT2D eigenvalue weighted by Crippen LogP contribution is -2.34. The summed E-state index contributed by atoms with van der Waals surface area (Å²) in [7, 11) is 0. The maximum Gasteiger partial charge on any atom is 0.156 e. The summed E-state index contributed by atoms with van der Waals surface area (Å²) in [6, 6.07) is 3.82. The molecule has 1 aromatic carbocycles. The minimum absolute atomic E-state index is 0.0983. The third-order valence-corrected chi connectivity index (χ3v) is 5.82. The molecule has 0 fully saturated rings. The second kappa shape index (κ2) is 6.82. The van der Waals surface area contributed by atoms with E-state index >= 15 is 0 Å². The van der Waals surface area contributed by atoms with Gasteiger partial charge in [0.15, 0.2) is 5.17 Å². The number of halogens is 1. The van der Waals surface area contributed by atoms with Gasteiger partial charge in [0.05, 0.1) is 0 Å². The molecule has 0 atom stereocenters. The van der Waals surface area contributed by atoms with E-state index in [1.54, 1.807) is 0 Å². The second-order valence-corrected chi connectivity index (χ2v) is 6.98. The molecule has 21 heavy (non-hydrogen) atoms. The molecule has 0 aliphatic carbocycles. The Morgan fingerprint density at radius 3 is 2.33 bits per heavy atom. The minimum atomic E-state index is -0.0983. The summed E-state index contributed by atoms with van der Waals surface area (Å²) in [5.74, 6) is 1.03. The van der Waals surface area contributed by atoms with Crippen molar-refractivity contribution in [2.24, 2.45) is 10.4 Å². The van der Waals surface area contributed by atoms with Crippen molar-refractivity contribution in [3.05, 3.63) is 34.6 Å². The zero-order valence-electron chi connectivity index (χ0n) is 13.4. The molecule has 2 nitrogen and oxygen atoms in total. The first-order valence-corrected chi connectivity index (χ1v) is 8.65. The van der Waals surface area contributed by atoms with Gasteiger partial charge in [-0.3, -0.25) is 4.99 Å². The Balaban J connectivity index is 1.97. The fourth-order valence-corrected chi connectivity index (χ4v) is 3.92. The Morgan fingerprint density at radius 2 is 1.86 bits per heavy atom. The highest BCUT2D eigenvalue weighted by atomic mass is 32.2. The molecule has 0 spiro atoms. The summed E-state index contributed by atoms with van der Waals surface area (Å²) in [5.41, 5.74) is 2.90. The first-order chi connectivity index (χ1) is 9.99. The third-order valence-electron chi connectivity index (χ3n) is 4.51. The first-order valence-electron chi connectivity index (χ1n) is 7.66. The van der Waals surface area contributed by atoms with Crippen LogP contribution in [-0.2, 0) is 6.54 Å². The van der Waals surface area contributed by atoms with Crippen molar-refractivity contribution in [3.63, 3.8) is 0 Å². The Hall–Kier alpha value is -1.03. The lowest BCUT2D eigenvalue weighted by molar-refractivity contribution is 0.318. The fraction of sp³-hybridized carbons (Fsp3) is 0.588. The number of nitrogens with zero attached hydrogens (tertiary/aromatic N) is 1. The van der Waals surface area contributed by atoms with Crippen molar-refractivity contribution in [1.29, 1.82) is 0 Å². The molecule has 1 aliphatic rings. The maximum absolute atomic E-state index is 13.6. The van der Waals surface area contributed by atoms with Gasteiger partial charge in [0, 0.05) is 18.8 Å². The molecule has 1 aromatic rings. The van der Waals surface area contributed by atoms with Gasteiger partial charge in [-0.1, -0.05) is 37.7 Å². The molecule has 0 saturated carbocycles. The quantitative estimate of drug-likeness (QED) is 0.889. The zero-order chi connectivity index (χ0) is 15.5. The summed E-state index contributed by atoms with van der Waals surface area (Å²) in [4.78, 5) is 4.70. The van der Waals surface area contributed by atoms with Crippen LogP contribution in [0.1, 0.15) is 43.4 Å². The third kappa shape index (κ3) is 3.79. The SMILES string of the molecule is CCC1(CC)CN=C(NCc2cc(C)c(F)c(C)c2)SC1. The summed E-state index contributed by atoms with van der Waals surface area (Å²) < 4.78 is 13.6. The van der Waals surface area contributed by atoms with Gasteiger partial charge >= 0.3 is 0 Å². The van der Waals surface area contributed by atoms with E-state index in [1.165, 1.54) is 12.8 Å². The van der Waals surface area contributed by atoms with Gasteiger partial charge in [0.2, 0.25) is 0 Å². The van der Waals surface area contributed by atoms with Gasteiger partial charge in [-0.15, -0.1) is 0 Å². The Kier molecular flexibility index (Phi) is 5.31. The van der Waals surface area contributed by atoms with Crippen molar-refractivity contribution in [2.75, 3.05) is 12.3 Å². The van der Waals surface area contributed by atoms with Crippen LogP contribution in [0.15, 0.2) is 17.1 Å². The molecule has 116 valence electrons. The molecule has 0 bridgehead atoms. The van der Waals surface area contributed by atoms with Gasteiger partial charge in [-0.2, -0.15) is 0 Å². The molecule has 1 aliphatic heterocycles. The van der Waals surface area contributed by atoms with Crippen LogP contribution in [0.2, 0.25) is 0 Å². The molecular weight excluding hydrogens is 283 g/mol. The Labute approximate surface area is 131 Å². The maximum atomic E-state index is 13.6. The largest absolute Gasteiger partial charge is 0.361 e. The number of hydrogen-bond donors (Lipinski definition) is 1. The predicted octanol–water partition coefficient (Wildman–Crippen LogP) is 4.44. The van der Waals surface area contributed by atoms with E-state index in [4.69, 9.17) is 4.99 Å². The van der Waals surface area contributed by atoms with E-state index in [0.717, 1.165) is 23.0 Å². The molecule has 1 heterocycles. The van der Waals surface area contributed by atoms with Crippen molar-refractivity contribution in [3.8, 4) is 0 Å². The van der Waals surface area contributed by atoms with Gasteiger partial charge < -0.3 is 5.32 Å². The van der Waals surface area contributed by atoms with E-state index in [9.17, 15) is 4.39 Å². The number of thioether (sulfide) groups is 1. The molecule has 1 N–H and O–H groups in total. The van der Waals surface area contributed by atoms with E-state index < -0.39 is 0 Å². The van der Waals surface area contributed by atoms with E-state index in [0.29, 0.717) is 23.1 Å². The van der Waals surface area contributed by atoms with Crippen molar-refractivity contribution >= 4 is 16.9 Å². The summed E-state index contributed by atoms with van der Waals surface area (Å²) in [5, 5.41) is 4.41. The molecule has 4 heteroatoms. The van der Waals surface area contributed by atoms with E-state index in [1.807, 2.05) is 37.7 Å². The zero-order valence-corrected chi connectivity index (χ0v) is 14.2. The van der Waals surface area contributed by atoms with Crippen LogP contribution in [-0.4, -0.2) is 17.5 Å². The van der Waals surface area contributed by atoms with Crippen LogP contribution in [0.3, 0.4) is 0 Å². The predicted molar refractivity (Wildman–Crippen MR) is 90.5 cm³/mol. The molecule has 0 radical (unpaired) electrons. The number of rotatable bonds is 4. The molecule has 0 saturated heterocycles. The number of benzene rings is 1. The number of aryl methyl sites for hydroxylation is 2. The highest BCUT2D eigenvalue weighted by molar-refractivity contribution is 8.13. The number of aliphatic imine (C=N–C) groups is 1. The van der Waals surface area contributed by atoms with Gasteiger partial charge in [0.1, 0.15) is 5.82 Å². The number of nitrogens with one attached hydrogen (secondary N) is 1. The first kappa shape index (κ1) is 16.3. The topological polar surface area (TPSA) is 24.4 Å². The minimum Gasteiger partial charge on any atom is -0.361 e. The molecule has 2 rings (SSSR count). The van der Waals surface area contributed by atoms with Crippen LogP contribution in [0, 0.1) is 25.1 Å². The standard InChI is InChI=1S/C17H25FN2S/c1-5-17(6-2)10-20-16(21-11-17)19-9-14-7-12(3)15(18)13(4)8-14/h7-8H,5-6,9-11H2,1-4H3,(H,19,20). The van der Waals surface area contributed by atoms with Crippen LogP contribution in [0.25, 0.3) is 0 Å². The number of amidine groups is 1. The normalized spacial score (nSPS) is 17.5. The monoisotopic (exact) mass is 308 g/mol. The number of hydrogen-bond acceptors (Lipinski definition) is 3. The van der Waals surface area contributed by atoms with Crippen molar-refractivity contribution in [1.82, 2.24) is 5.32 Å². The summed E-state index contributed by atoms with van der Waals surface area (Å²) in [6.45, 7) is 9.76. The van der Waals surface area contributed by atoms with Crippen molar-refractivity contribution in [2.45, 2.75) is 47.1 Å². The lowest BCUT2D eigenvalue weighted by atomic mass is 9.84. The van der Waals surface area contributed by atoms with Crippen LogP contribution < -0.4 is 5.32 Å². The van der Waals surface area contributed by atoms with Crippen molar-refractivity contribution < 1.29 is 4.39 Å². The van der Waals surface area contributed by atoms with Gasteiger partial charge in [-0.05, 0) is 48.8 Å². The fourth-order valence-electron chi connectivity index (χ4n) is 2.65. The van der Waals surface area contributed by atoms with E-state index in [-0.39, 0.29) is 5.82 Å². The highest BCUT2D eigenvalue weighted by Gasteiger charge is 2.29. The van der Waals surface area contributed by atoms with Gasteiger partial charge in [-0.25, -0.2) is 4.39 Å². The average Bonchev–Trinajstić information content (AvgIpc) is 2.51. The molecule has 0 aromatic heterocycles. The lowest BCUT2D eigenvalue weighted by Gasteiger charge is -2.33. The summed E-state index contributed by atoms with van der Waals surface area (Å²) in [6.07, 6.45) is 2.37. The summed E-state index contributed by atoms with van der Waals surface area (Å²) >= 11 is 1.81. The smallest absolute Gasteiger partial charge is 0.156 e.